The van der Waals surface area contributed by atoms with Gasteiger partial charge in [-0.3, -0.25) is 49.7 Å². The fraction of sp³-hybridized carbons (Fsp3) is 0.0565. The van der Waals surface area contributed by atoms with E-state index in [9.17, 15) is 41.6 Å². The van der Waals surface area contributed by atoms with Crippen LogP contribution in [0.4, 0.5) is 0 Å². The average Bonchev–Trinajstić information content (AvgIpc) is 0.725. The van der Waals surface area contributed by atoms with E-state index in [1.807, 2.05) is 147 Å². The van der Waals surface area contributed by atoms with E-state index in [-0.39, 0.29) is 92.9 Å². The molecular weight excluding hydrogens is 2520 g/mol. The van der Waals surface area contributed by atoms with Crippen LogP contribution in [0.15, 0.2) is 315 Å². The Bertz CT molecular complexity index is 9400. The minimum atomic E-state index is -0.125. The third-order valence-electron chi connectivity index (χ3n) is 24.8. The van der Waals surface area contributed by atoms with Crippen molar-refractivity contribution in [2.45, 2.75) is 48.5 Å². The van der Waals surface area contributed by atoms with Crippen LogP contribution < -0.4 is 0 Å². The smallest absolute Gasteiger partial charge is 0.155 e. The van der Waals surface area contributed by atoms with Crippen molar-refractivity contribution in [2.75, 3.05) is 0 Å². The molecule has 1 N–H and O–H groups in total. The molecule has 0 aliphatic rings. The zero-order valence-corrected chi connectivity index (χ0v) is 88.2. The number of pyridine rings is 1. The van der Waals surface area contributed by atoms with Crippen molar-refractivity contribution in [3.05, 3.63) is 412 Å². The molecule has 20 aromatic carbocycles. The van der Waals surface area contributed by atoms with Crippen LogP contribution >= 0.6 is 0 Å². The maximum absolute atomic E-state index is 10.0. The first kappa shape index (κ1) is 102. The predicted molar refractivity (Wildman–Crippen MR) is 564 cm³/mol. The van der Waals surface area contributed by atoms with E-state index >= 15 is 0 Å². The molecule has 0 spiro atoms. The minimum absolute atomic E-state index is 0. The Kier molecular flexibility index (Phi) is 30.3. The molecule has 0 aliphatic heterocycles. The van der Waals surface area contributed by atoms with Crippen LogP contribution in [0.3, 0.4) is 0 Å². The largest absolute Gasteiger partial charge is 0.512 e. The molecule has 5 heterocycles. The topological polar surface area (TPSA) is 320 Å². The Morgan fingerprint density at radius 2 is 0.671 bits per heavy atom. The molecule has 0 amide bonds. The van der Waals surface area contributed by atoms with Gasteiger partial charge in [0, 0.05) is 110 Å². The number of hydrogen-bond acceptors (Lipinski definition) is 18. The van der Waals surface area contributed by atoms with Gasteiger partial charge in [-0.1, -0.05) is 215 Å². The summed E-state index contributed by atoms with van der Waals surface area (Å²) >= 11 is 0. The number of aromatic nitrogens is 9. The first-order valence-electron chi connectivity index (χ1n) is 45.4. The number of carbonyl (C=O) groups excluding carboxylic acids is 1. The molecular formula is C124H73Ir3N16O2Pt-5. The summed E-state index contributed by atoms with van der Waals surface area (Å²) in [6.07, 6.45) is 1.17. The molecule has 0 bridgehead atoms. The average molecular weight is 2590 g/mol. The Labute approximate surface area is 892 Å². The van der Waals surface area contributed by atoms with Crippen LogP contribution in [0.2, 0.25) is 0 Å². The zero-order chi connectivity index (χ0) is 98.1. The van der Waals surface area contributed by atoms with Crippen molar-refractivity contribution >= 4 is 191 Å². The van der Waals surface area contributed by atoms with Gasteiger partial charge in [0.15, 0.2) is 5.78 Å². The number of carbonyl (C=O) groups is 1. The number of para-hydroxylation sites is 1. The number of nitriles is 7. The first-order valence-corrected chi connectivity index (χ1v) is 45.4. The number of aliphatic hydroxyl groups is 1. The minimum Gasteiger partial charge on any atom is -0.512 e. The van der Waals surface area contributed by atoms with E-state index in [0.717, 1.165) is 197 Å². The Hall–Kier alpha value is -17.4. The summed E-state index contributed by atoms with van der Waals surface area (Å²) in [7, 11) is 0. The second-order valence-electron chi connectivity index (χ2n) is 34.5. The standard InChI is InChI=1S/3C26H11N4.C26H22N3.C15H10N.C5H8O2.3Ir.Pt/c3*27-13-16-11-22-23(12-17(16)14-28)30-26-24-18-6-2-1-5-15(18)9-10-20(24)19-7-3-4-8-21(19)25(26)29-22;1-15-6-16(2)9-21(8-15)25-26(22-10-17(3)7-18(4)11-22)29-24-19(5)12-20(14-27)13-23(24)28-25;1-2-6-12(7-3-1)15-11-10-13-8-4-5-9-14(13)16-15;1-4(6)3-5(2)7;;;;/h3*1-7,9-12H;6-8,10-13H,1-5H3;1-6,8-11H;3,6H,1-2H3;;;;/q5*-1;;;;;. The van der Waals surface area contributed by atoms with Crippen molar-refractivity contribution in [3.63, 3.8) is 0 Å². The SMILES string of the molecule is CC(=O)C=C(C)O.Cc1[c-]c(-c2nc3cc(C#N)cc(C)c3nc2-c2cc(C)cc(C)c2)cc(C)c1.N#Cc1cc2nc3c4[c-]cccc4c4ccc5ccccc5c4c3nc2cc1C#N.N#Cc1cc2nc3c4[c-]cccc4c4ccc5ccccc5c4c3nc2cc1C#N.N#Cc1cc2nc3c4[c-]cccc4c4ccc5ccccc5c4c3nc2cc1C#N.[Ir].[Ir].[Ir].[Pt].[c-]1ccccc1-c1ccc2ccccc2n1. The molecule has 25 rings (SSSR count). The summed E-state index contributed by atoms with van der Waals surface area (Å²) in [5.41, 5.74) is 24.3. The fourth-order valence-corrected chi connectivity index (χ4v) is 18.7. The Balaban J connectivity index is 0.000000129. The summed E-state index contributed by atoms with van der Waals surface area (Å²) in [5.74, 6) is -0.0625. The zero-order valence-electron chi connectivity index (χ0n) is 78.8. The fourth-order valence-electron chi connectivity index (χ4n) is 18.7. The molecule has 0 fully saturated rings. The Morgan fingerprint density at radius 1 is 0.301 bits per heavy atom. The number of nitrogens with zero attached hydrogens (tertiary/aromatic N) is 16. The number of aryl methyl sites for hydroxylation is 5. The molecule has 703 valence electrons. The monoisotopic (exact) mass is 2590 g/mol. The van der Waals surface area contributed by atoms with Crippen LogP contribution in [-0.4, -0.2) is 55.7 Å². The van der Waals surface area contributed by atoms with Gasteiger partial charge in [0.2, 0.25) is 0 Å². The van der Waals surface area contributed by atoms with Crippen LogP contribution in [0.25, 0.3) is 219 Å². The van der Waals surface area contributed by atoms with Crippen LogP contribution in [0.5, 0.6) is 0 Å². The number of ketones is 1. The van der Waals surface area contributed by atoms with Gasteiger partial charge in [0.1, 0.15) is 36.4 Å². The van der Waals surface area contributed by atoms with E-state index in [1.165, 1.54) is 36.4 Å². The molecule has 18 nitrogen and oxygen atoms in total. The van der Waals surface area contributed by atoms with Gasteiger partial charge < -0.3 is 5.11 Å². The van der Waals surface area contributed by atoms with Crippen molar-refractivity contribution in [1.82, 2.24) is 44.9 Å². The van der Waals surface area contributed by atoms with E-state index in [1.54, 1.807) is 36.4 Å². The number of rotatable bonds is 4. The van der Waals surface area contributed by atoms with Gasteiger partial charge in [0.25, 0.3) is 0 Å². The second-order valence-corrected chi connectivity index (χ2v) is 34.5. The molecule has 5 aromatic heterocycles. The number of hydrogen-bond donors (Lipinski definition) is 1. The molecule has 0 saturated heterocycles. The molecule has 22 heteroatoms. The molecule has 146 heavy (non-hydrogen) atoms. The van der Waals surface area contributed by atoms with Crippen LogP contribution in [-0.2, 0) is 86.2 Å². The van der Waals surface area contributed by atoms with Gasteiger partial charge in [-0.15, -0.1) is 160 Å². The molecule has 0 atom stereocenters. The van der Waals surface area contributed by atoms with Crippen molar-refractivity contribution in [1.29, 1.82) is 36.8 Å². The maximum atomic E-state index is 10.0. The van der Waals surface area contributed by atoms with E-state index in [4.69, 9.17) is 45.0 Å². The summed E-state index contributed by atoms with van der Waals surface area (Å²) in [5, 5.41) is 94.3. The summed E-state index contributed by atoms with van der Waals surface area (Å²) in [6, 6.07) is 131. The van der Waals surface area contributed by atoms with Gasteiger partial charge in [-0.25, -0.2) is 0 Å². The number of aliphatic hydroxyl groups excluding tert-OH is 1. The number of allylic oxidation sites excluding steroid dienone is 2. The third kappa shape index (κ3) is 19.8. The normalized spacial score (nSPS) is 10.8. The van der Waals surface area contributed by atoms with E-state index in [0.29, 0.717) is 72.0 Å². The van der Waals surface area contributed by atoms with Crippen molar-refractivity contribution in [3.8, 4) is 76.3 Å². The molecule has 0 unspecified atom stereocenters. The summed E-state index contributed by atoms with van der Waals surface area (Å²) in [6.45, 7) is 13.1. The third-order valence-corrected chi connectivity index (χ3v) is 24.8. The molecule has 0 aliphatic carbocycles. The van der Waals surface area contributed by atoms with Crippen molar-refractivity contribution < 1.29 is 91.3 Å². The van der Waals surface area contributed by atoms with Gasteiger partial charge >= 0.3 is 0 Å². The Morgan fingerprint density at radius 3 is 1.05 bits per heavy atom. The molecule has 25 aromatic rings. The molecule has 0 saturated carbocycles. The van der Waals surface area contributed by atoms with Gasteiger partial charge in [-0.2, -0.15) is 36.8 Å². The first-order chi connectivity index (χ1) is 69.2. The molecule has 3 radical (unpaired) electrons. The number of fused-ring (bicyclic) bond motifs is 29. The summed E-state index contributed by atoms with van der Waals surface area (Å²) in [4.78, 5) is 54.2. The van der Waals surface area contributed by atoms with Gasteiger partial charge in [0.05, 0.1) is 123 Å². The van der Waals surface area contributed by atoms with Crippen LogP contribution in [0.1, 0.15) is 80.6 Å². The maximum Gasteiger partial charge on any atom is 0.155 e. The second kappa shape index (κ2) is 43.6. The number of benzene rings is 20. The quantitative estimate of drug-likeness (QED) is 0.0562. The summed E-state index contributed by atoms with van der Waals surface area (Å²) < 4.78 is 0. The van der Waals surface area contributed by atoms with E-state index < -0.39 is 0 Å². The van der Waals surface area contributed by atoms with E-state index in [2.05, 4.69) is 232 Å². The van der Waals surface area contributed by atoms with Crippen molar-refractivity contribution in [2.24, 2.45) is 0 Å². The predicted octanol–water partition coefficient (Wildman–Crippen LogP) is 28.3. The van der Waals surface area contributed by atoms with Gasteiger partial charge in [-0.05, 0) is 160 Å². The van der Waals surface area contributed by atoms with Crippen LogP contribution in [0, 0.1) is 144 Å².